The average Bonchev–Trinajstić information content (AvgIpc) is 2.00. The second-order valence-electron chi connectivity index (χ2n) is 2.14. The SMILES string of the molecule is C/C(C(=O)O)=C(/C)C(=O)OS(=O)O. The summed E-state index contributed by atoms with van der Waals surface area (Å²) in [6.45, 7) is 2.39. The van der Waals surface area contributed by atoms with Gasteiger partial charge in [0.2, 0.25) is 0 Å². The Morgan fingerprint density at radius 1 is 1.23 bits per heavy atom. The van der Waals surface area contributed by atoms with Gasteiger partial charge < -0.3 is 9.29 Å². The molecule has 0 fully saturated rings. The maximum Gasteiger partial charge on any atom is 0.360 e. The predicted molar refractivity (Wildman–Crippen MR) is 42.9 cm³/mol. The predicted octanol–water partition coefficient (Wildman–Crippen LogP) is 0.0873. The lowest BCUT2D eigenvalue weighted by Crippen LogP contribution is -2.12. The van der Waals surface area contributed by atoms with Gasteiger partial charge in [-0.2, -0.15) is 4.21 Å². The third kappa shape index (κ3) is 3.81. The number of rotatable bonds is 3. The van der Waals surface area contributed by atoms with Crippen molar-refractivity contribution in [2.24, 2.45) is 0 Å². The molecular formula is C6H8O6S. The Morgan fingerprint density at radius 3 is 2.00 bits per heavy atom. The summed E-state index contributed by atoms with van der Waals surface area (Å²) in [4.78, 5) is 21.1. The summed E-state index contributed by atoms with van der Waals surface area (Å²) in [7, 11) is 0. The molecule has 2 N–H and O–H groups in total. The van der Waals surface area contributed by atoms with Crippen LogP contribution in [0.1, 0.15) is 13.8 Å². The number of carboxylic acid groups (broad SMARTS) is 1. The molecule has 0 bridgehead atoms. The highest BCUT2D eigenvalue weighted by atomic mass is 32.2. The van der Waals surface area contributed by atoms with Crippen molar-refractivity contribution >= 4 is 23.3 Å². The van der Waals surface area contributed by atoms with E-state index in [1.54, 1.807) is 0 Å². The third-order valence-electron chi connectivity index (χ3n) is 1.34. The number of hydrogen-bond donors (Lipinski definition) is 2. The van der Waals surface area contributed by atoms with Crippen LogP contribution in [0.25, 0.3) is 0 Å². The van der Waals surface area contributed by atoms with Gasteiger partial charge in [0.05, 0.1) is 0 Å². The first-order valence-corrected chi connectivity index (χ1v) is 4.13. The van der Waals surface area contributed by atoms with Crippen molar-refractivity contribution < 1.29 is 27.6 Å². The van der Waals surface area contributed by atoms with E-state index in [1.807, 2.05) is 0 Å². The number of carbonyl (C=O) groups is 2. The molecule has 0 saturated heterocycles. The summed E-state index contributed by atoms with van der Waals surface area (Å²) in [5, 5.41) is 8.43. The molecule has 0 saturated carbocycles. The van der Waals surface area contributed by atoms with E-state index in [-0.39, 0.29) is 11.1 Å². The van der Waals surface area contributed by atoms with Gasteiger partial charge in [0.15, 0.2) is 0 Å². The number of aliphatic carboxylic acids is 1. The van der Waals surface area contributed by atoms with Crippen molar-refractivity contribution in [2.45, 2.75) is 13.8 Å². The van der Waals surface area contributed by atoms with Crippen LogP contribution in [-0.2, 0) is 25.1 Å². The summed E-state index contributed by atoms with van der Waals surface area (Å²) < 4.78 is 22.0. The molecule has 0 aliphatic carbocycles. The van der Waals surface area contributed by atoms with Gasteiger partial charge >= 0.3 is 23.3 Å². The highest BCUT2D eigenvalue weighted by Crippen LogP contribution is 2.05. The Bertz CT molecular complexity index is 291. The van der Waals surface area contributed by atoms with Crippen LogP contribution in [0.3, 0.4) is 0 Å². The van der Waals surface area contributed by atoms with Crippen LogP contribution in [0.4, 0.5) is 0 Å². The van der Waals surface area contributed by atoms with Crippen molar-refractivity contribution in [2.75, 3.05) is 0 Å². The van der Waals surface area contributed by atoms with Gasteiger partial charge in [0.25, 0.3) is 0 Å². The van der Waals surface area contributed by atoms with Gasteiger partial charge in [0, 0.05) is 11.1 Å². The zero-order valence-corrected chi connectivity index (χ0v) is 7.75. The molecule has 1 atom stereocenters. The van der Waals surface area contributed by atoms with Crippen LogP contribution in [0.15, 0.2) is 11.1 Å². The summed E-state index contributed by atoms with van der Waals surface area (Å²) in [5.74, 6) is -2.40. The lowest BCUT2D eigenvalue weighted by Gasteiger charge is -2.00. The Morgan fingerprint density at radius 2 is 1.69 bits per heavy atom. The summed E-state index contributed by atoms with van der Waals surface area (Å²) >= 11 is -2.72. The fourth-order valence-electron chi connectivity index (χ4n) is 0.441. The van der Waals surface area contributed by atoms with E-state index in [0.29, 0.717) is 0 Å². The van der Waals surface area contributed by atoms with Gasteiger partial charge in [-0.3, -0.25) is 4.55 Å². The first-order valence-electron chi connectivity index (χ1n) is 3.10. The molecule has 0 aliphatic rings. The molecule has 6 nitrogen and oxygen atoms in total. The molecule has 7 heteroatoms. The molecule has 13 heavy (non-hydrogen) atoms. The molecule has 0 heterocycles. The Kier molecular flexibility index (Phi) is 4.29. The summed E-state index contributed by atoms with van der Waals surface area (Å²) in [6.07, 6.45) is 0. The van der Waals surface area contributed by atoms with Crippen molar-refractivity contribution in [1.82, 2.24) is 0 Å². The largest absolute Gasteiger partial charge is 0.478 e. The number of hydrogen-bond acceptors (Lipinski definition) is 4. The molecule has 0 aromatic rings. The monoisotopic (exact) mass is 208 g/mol. The molecule has 74 valence electrons. The molecule has 0 amide bonds. The van der Waals surface area contributed by atoms with E-state index in [0.717, 1.165) is 0 Å². The summed E-state index contributed by atoms with van der Waals surface area (Å²) in [5.41, 5.74) is -0.439. The van der Waals surface area contributed by atoms with E-state index in [4.69, 9.17) is 9.66 Å². The smallest absolute Gasteiger partial charge is 0.360 e. The first kappa shape index (κ1) is 11.8. The van der Waals surface area contributed by atoms with Gasteiger partial charge in [-0.1, -0.05) is 0 Å². The molecule has 0 aliphatic heterocycles. The Hall–Kier alpha value is -1.21. The Balaban J connectivity index is 4.68. The summed E-state index contributed by atoms with van der Waals surface area (Å²) in [6, 6.07) is 0. The highest BCUT2D eigenvalue weighted by Gasteiger charge is 2.15. The van der Waals surface area contributed by atoms with Crippen molar-refractivity contribution in [3.05, 3.63) is 11.1 Å². The lowest BCUT2D eigenvalue weighted by atomic mass is 10.1. The van der Waals surface area contributed by atoms with Crippen molar-refractivity contribution in [3.8, 4) is 0 Å². The van der Waals surface area contributed by atoms with Gasteiger partial charge in [-0.25, -0.2) is 9.59 Å². The molecular weight excluding hydrogens is 200 g/mol. The quantitative estimate of drug-likeness (QED) is 0.503. The standard InChI is InChI=1S/C6H8O6S/c1-3(5(7)8)4(2)6(9)12-13(10)11/h1-2H3,(H,7,8)(H,10,11)/b4-3+. The van der Waals surface area contributed by atoms with Crippen LogP contribution < -0.4 is 0 Å². The van der Waals surface area contributed by atoms with Crippen LogP contribution in [-0.4, -0.2) is 25.8 Å². The zero-order valence-electron chi connectivity index (χ0n) is 6.94. The normalized spacial score (nSPS) is 14.4. The zero-order chi connectivity index (χ0) is 10.6. The average molecular weight is 208 g/mol. The van der Waals surface area contributed by atoms with Crippen molar-refractivity contribution in [3.63, 3.8) is 0 Å². The Labute approximate surface area is 76.7 Å². The van der Waals surface area contributed by atoms with Crippen molar-refractivity contribution in [1.29, 1.82) is 0 Å². The second-order valence-corrected chi connectivity index (χ2v) is 2.74. The maximum atomic E-state index is 10.8. The molecule has 0 aromatic heterocycles. The number of carboxylic acids is 1. The minimum atomic E-state index is -2.72. The molecule has 1 unspecified atom stereocenters. The fraction of sp³-hybridized carbons (Fsp3) is 0.333. The van der Waals surface area contributed by atoms with E-state index >= 15 is 0 Å². The van der Waals surface area contributed by atoms with E-state index < -0.39 is 23.3 Å². The van der Waals surface area contributed by atoms with Gasteiger partial charge in [0.1, 0.15) is 0 Å². The molecule has 0 rings (SSSR count). The fourth-order valence-corrected chi connectivity index (χ4v) is 0.695. The minimum absolute atomic E-state index is 0.213. The topological polar surface area (TPSA) is 101 Å². The first-order chi connectivity index (χ1) is 5.86. The van der Waals surface area contributed by atoms with E-state index in [2.05, 4.69) is 4.18 Å². The van der Waals surface area contributed by atoms with Crippen LogP contribution >= 0.6 is 0 Å². The molecule has 0 radical (unpaired) electrons. The van der Waals surface area contributed by atoms with E-state index in [9.17, 15) is 13.8 Å². The molecule has 0 aromatic carbocycles. The van der Waals surface area contributed by atoms with Crippen LogP contribution in [0, 0.1) is 0 Å². The van der Waals surface area contributed by atoms with Crippen LogP contribution in [0.2, 0.25) is 0 Å². The van der Waals surface area contributed by atoms with Gasteiger partial charge in [-0.15, -0.1) is 0 Å². The second kappa shape index (κ2) is 4.73. The lowest BCUT2D eigenvalue weighted by molar-refractivity contribution is -0.134. The van der Waals surface area contributed by atoms with Gasteiger partial charge in [-0.05, 0) is 13.8 Å². The highest BCUT2D eigenvalue weighted by molar-refractivity contribution is 7.74. The third-order valence-corrected chi connectivity index (χ3v) is 1.63. The number of carbonyl (C=O) groups excluding carboxylic acids is 1. The maximum absolute atomic E-state index is 10.8. The van der Waals surface area contributed by atoms with Crippen LogP contribution in [0.5, 0.6) is 0 Å². The molecule has 0 spiro atoms. The van der Waals surface area contributed by atoms with E-state index in [1.165, 1.54) is 13.8 Å². The minimum Gasteiger partial charge on any atom is -0.478 e.